The topological polar surface area (TPSA) is 50.7 Å². The molecule has 4 nitrogen and oxygen atoms in total. The molecule has 0 aliphatic rings. The fourth-order valence-electron chi connectivity index (χ4n) is 1.50. The molecule has 2 rings (SSSR count). The fourth-order valence-corrected chi connectivity index (χ4v) is 2.18. The Morgan fingerprint density at radius 2 is 2.16 bits per heavy atom. The first-order chi connectivity index (χ1) is 9.20. The summed E-state index contributed by atoms with van der Waals surface area (Å²) in [5, 5.41) is 6.06. The zero-order valence-electron chi connectivity index (χ0n) is 10.7. The van der Waals surface area contributed by atoms with Crippen LogP contribution < -0.4 is 10.2 Å². The molecule has 0 fully saturated rings. The van der Waals surface area contributed by atoms with Gasteiger partial charge in [-0.15, -0.1) is 11.3 Å². The summed E-state index contributed by atoms with van der Waals surface area (Å²) in [7, 11) is 1.57. The molecular weight excluding hydrogens is 260 g/mol. The molecule has 1 heterocycles. The highest BCUT2D eigenvalue weighted by Gasteiger charge is 2.06. The average Bonchev–Trinajstić information content (AvgIpc) is 2.98. The summed E-state index contributed by atoms with van der Waals surface area (Å²) in [6.07, 6.45) is 0. The maximum Gasteiger partial charge on any atom is 0.271 e. The Bertz CT molecular complexity index is 591. The van der Waals surface area contributed by atoms with E-state index in [1.807, 2.05) is 24.4 Å². The molecule has 19 heavy (non-hydrogen) atoms. The minimum atomic E-state index is -0.255. The van der Waals surface area contributed by atoms with Crippen molar-refractivity contribution in [1.29, 1.82) is 0 Å². The zero-order valence-corrected chi connectivity index (χ0v) is 11.5. The van der Waals surface area contributed by atoms with Crippen LogP contribution in [-0.4, -0.2) is 18.7 Å². The molecule has 1 aromatic heterocycles. The predicted molar refractivity (Wildman–Crippen MR) is 77.0 cm³/mol. The maximum absolute atomic E-state index is 11.9. The lowest BCUT2D eigenvalue weighted by molar-refractivity contribution is 0.0954. The lowest BCUT2D eigenvalue weighted by atomic mass is 10.2. The number of thiophene rings is 1. The second kappa shape index (κ2) is 6.15. The summed E-state index contributed by atoms with van der Waals surface area (Å²) >= 11 is 1.58. The number of ether oxygens (including phenoxy) is 1. The highest BCUT2D eigenvalue weighted by molar-refractivity contribution is 7.12. The van der Waals surface area contributed by atoms with Gasteiger partial charge in [0.25, 0.3) is 5.91 Å². The van der Waals surface area contributed by atoms with Crippen LogP contribution in [0.15, 0.2) is 46.9 Å². The van der Waals surface area contributed by atoms with Crippen LogP contribution in [0, 0.1) is 0 Å². The minimum Gasteiger partial charge on any atom is -0.497 e. The number of methoxy groups -OCH3 is 1. The quantitative estimate of drug-likeness (QED) is 0.688. The molecule has 0 saturated carbocycles. The second-order valence-electron chi connectivity index (χ2n) is 3.85. The number of carbonyl (C=O) groups is 1. The van der Waals surface area contributed by atoms with E-state index in [2.05, 4.69) is 10.5 Å². The predicted octanol–water partition coefficient (Wildman–Crippen LogP) is 2.91. The third kappa shape index (κ3) is 3.42. The number of benzene rings is 1. The van der Waals surface area contributed by atoms with Gasteiger partial charge in [-0.2, -0.15) is 5.10 Å². The lowest BCUT2D eigenvalue weighted by Crippen LogP contribution is -2.19. The molecular formula is C14H14N2O2S. The van der Waals surface area contributed by atoms with Crippen LogP contribution in [0.25, 0.3) is 0 Å². The van der Waals surface area contributed by atoms with Gasteiger partial charge in [-0.05, 0) is 36.6 Å². The molecule has 0 saturated heterocycles. The number of hydrogen-bond acceptors (Lipinski definition) is 4. The maximum atomic E-state index is 11.9. The number of hydrazone groups is 1. The van der Waals surface area contributed by atoms with Gasteiger partial charge in [-0.3, -0.25) is 4.79 Å². The molecule has 5 heteroatoms. The van der Waals surface area contributed by atoms with Gasteiger partial charge >= 0.3 is 0 Å². The number of amides is 1. The molecule has 98 valence electrons. The van der Waals surface area contributed by atoms with E-state index in [1.165, 1.54) is 0 Å². The molecule has 0 unspecified atom stereocenters. The number of hydrogen-bond donors (Lipinski definition) is 1. The summed E-state index contributed by atoms with van der Waals surface area (Å²) in [4.78, 5) is 12.9. The summed E-state index contributed by atoms with van der Waals surface area (Å²) < 4.78 is 5.08. The number of carbonyl (C=O) groups excluding carboxylic acids is 1. The standard InChI is InChI=1S/C14H14N2O2S/c1-10(13-7-4-8-19-13)15-16-14(17)11-5-3-6-12(9-11)18-2/h3-9H,1-2H3,(H,16,17). The lowest BCUT2D eigenvalue weighted by Gasteiger charge is -2.03. The van der Waals surface area contributed by atoms with Crippen LogP contribution in [-0.2, 0) is 0 Å². The molecule has 1 N–H and O–H groups in total. The number of nitrogens with one attached hydrogen (secondary N) is 1. The highest BCUT2D eigenvalue weighted by atomic mass is 32.1. The van der Waals surface area contributed by atoms with Gasteiger partial charge in [0.1, 0.15) is 5.75 Å². The number of nitrogens with zero attached hydrogens (tertiary/aromatic N) is 1. The van der Waals surface area contributed by atoms with Crippen molar-refractivity contribution >= 4 is 23.0 Å². The van der Waals surface area contributed by atoms with Gasteiger partial charge in [-0.25, -0.2) is 5.43 Å². The van der Waals surface area contributed by atoms with Crippen molar-refractivity contribution in [3.63, 3.8) is 0 Å². The van der Waals surface area contributed by atoms with Crippen molar-refractivity contribution in [2.75, 3.05) is 7.11 Å². The fraction of sp³-hybridized carbons (Fsp3) is 0.143. The van der Waals surface area contributed by atoms with Crippen LogP contribution in [0.2, 0.25) is 0 Å². The van der Waals surface area contributed by atoms with Crippen LogP contribution in [0.3, 0.4) is 0 Å². The molecule has 2 aromatic rings. The van der Waals surface area contributed by atoms with Gasteiger partial charge < -0.3 is 4.74 Å². The smallest absolute Gasteiger partial charge is 0.271 e. The highest BCUT2D eigenvalue weighted by Crippen LogP contribution is 2.12. The molecule has 0 radical (unpaired) electrons. The molecule has 1 aromatic carbocycles. The van der Waals surface area contributed by atoms with E-state index in [9.17, 15) is 4.79 Å². The molecule has 0 atom stereocenters. The van der Waals surface area contributed by atoms with Crippen molar-refractivity contribution in [3.05, 3.63) is 52.2 Å². The van der Waals surface area contributed by atoms with E-state index < -0.39 is 0 Å². The zero-order chi connectivity index (χ0) is 13.7. The van der Waals surface area contributed by atoms with Gasteiger partial charge in [0.05, 0.1) is 12.8 Å². The molecule has 0 aliphatic carbocycles. The Kier molecular flexibility index (Phi) is 4.30. The molecule has 1 amide bonds. The largest absolute Gasteiger partial charge is 0.497 e. The Morgan fingerprint density at radius 1 is 1.32 bits per heavy atom. The first-order valence-electron chi connectivity index (χ1n) is 5.73. The van der Waals surface area contributed by atoms with Crippen molar-refractivity contribution in [2.45, 2.75) is 6.92 Å². The van der Waals surface area contributed by atoms with E-state index in [1.54, 1.807) is 42.7 Å². The minimum absolute atomic E-state index is 0.255. The summed E-state index contributed by atoms with van der Waals surface area (Å²) in [5.74, 6) is 0.390. The number of rotatable bonds is 4. The van der Waals surface area contributed by atoms with Crippen molar-refractivity contribution in [1.82, 2.24) is 5.43 Å². The molecule has 0 bridgehead atoms. The summed E-state index contributed by atoms with van der Waals surface area (Å²) in [6, 6.07) is 10.9. The van der Waals surface area contributed by atoms with E-state index in [4.69, 9.17) is 4.74 Å². The van der Waals surface area contributed by atoms with Crippen LogP contribution in [0.1, 0.15) is 22.2 Å². The third-order valence-electron chi connectivity index (χ3n) is 2.53. The average molecular weight is 274 g/mol. The van der Waals surface area contributed by atoms with Crippen LogP contribution in [0.4, 0.5) is 0 Å². The Balaban J connectivity index is 2.07. The van der Waals surface area contributed by atoms with E-state index in [0.717, 1.165) is 10.6 Å². The van der Waals surface area contributed by atoms with Crippen molar-refractivity contribution in [2.24, 2.45) is 5.10 Å². The van der Waals surface area contributed by atoms with E-state index in [0.29, 0.717) is 11.3 Å². The third-order valence-corrected chi connectivity index (χ3v) is 3.51. The van der Waals surface area contributed by atoms with Crippen LogP contribution >= 0.6 is 11.3 Å². The second-order valence-corrected chi connectivity index (χ2v) is 4.80. The van der Waals surface area contributed by atoms with Gasteiger partial charge in [-0.1, -0.05) is 12.1 Å². The van der Waals surface area contributed by atoms with E-state index in [-0.39, 0.29) is 5.91 Å². The van der Waals surface area contributed by atoms with Crippen LogP contribution in [0.5, 0.6) is 5.75 Å². The Morgan fingerprint density at radius 3 is 2.84 bits per heavy atom. The van der Waals surface area contributed by atoms with Gasteiger partial charge in [0, 0.05) is 10.4 Å². The molecule has 0 spiro atoms. The molecule has 0 aliphatic heterocycles. The first kappa shape index (κ1) is 13.3. The van der Waals surface area contributed by atoms with Crippen molar-refractivity contribution < 1.29 is 9.53 Å². The van der Waals surface area contributed by atoms with Gasteiger partial charge in [0.15, 0.2) is 0 Å². The monoisotopic (exact) mass is 274 g/mol. The first-order valence-corrected chi connectivity index (χ1v) is 6.61. The van der Waals surface area contributed by atoms with Gasteiger partial charge in [0.2, 0.25) is 0 Å². The summed E-state index contributed by atoms with van der Waals surface area (Å²) in [6.45, 7) is 1.86. The van der Waals surface area contributed by atoms with E-state index >= 15 is 0 Å². The normalized spacial score (nSPS) is 11.2. The Hall–Kier alpha value is -2.14. The SMILES string of the molecule is COc1cccc(C(=O)NN=C(C)c2cccs2)c1. The Labute approximate surface area is 115 Å². The summed E-state index contributed by atoms with van der Waals surface area (Å²) in [5.41, 5.74) is 3.84. The van der Waals surface area contributed by atoms with Crippen molar-refractivity contribution in [3.8, 4) is 5.75 Å².